The summed E-state index contributed by atoms with van der Waals surface area (Å²) >= 11 is 0. The van der Waals surface area contributed by atoms with Gasteiger partial charge in [-0.1, -0.05) is 6.92 Å². The second-order valence-electron chi connectivity index (χ2n) is 5.76. The second-order valence-corrected chi connectivity index (χ2v) is 7.47. The molecule has 0 N–H and O–H groups in total. The zero-order valence-electron chi connectivity index (χ0n) is 14.4. The van der Waals surface area contributed by atoms with Gasteiger partial charge in [0.25, 0.3) is 0 Å². The van der Waals surface area contributed by atoms with E-state index in [0.29, 0.717) is 12.4 Å². The van der Waals surface area contributed by atoms with Crippen LogP contribution in [0.1, 0.15) is 18.1 Å². The van der Waals surface area contributed by atoms with Crippen molar-refractivity contribution in [1.82, 2.24) is 19.5 Å². The predicted molar refractivity (Wildman–Crippen MR) is 88.7 cm³/mol. The molecule has 0 radical (unpaired) electrons. The largest absolute Gasteiger partial charge is 0.417 e. The Labute approximate surface area is 156 Å². The second kappa shape index (κ2) is 6.83. The van der Waals surface area contributed by atoms with Gasteiger partial charge in [-0.05, 0) is 12.1 Å². The summed E-state index contributed by atoms with van der Waals surface area (Å²) in [6.45, 7) is 1.52. The van der Waals surface area contributed by atoms with E-state index in [0.717, 1.165) is 12.1 Å². The molecule has 3 rings (SSSR count). The van der Waals surface area contributed by atoms with Gasteiger partial charge in [0, 0.05) is 25.2 Å². The Kier molecular flexibility index (Phi) is 4.94. The zero-order valence-corrected chi connectivity index (χ0v) is 15.2. The fourth-order valence-corrected chi connectivity index (χ4v) is 3.47. The quantitative estimate of drug-likeness (QED) is 0.594. The first-order chi connectivity index (χ1) is 12.9. The number of pyridine rings is 2. The van der Waals surface area contributed by atoms with E-state index in [2.05, 4.69) is 15.0 Å². The lowest BCUT2D eigenvalue weighted by Crippen LogP contribution is -2.10. The first-order valence-corrected chi connectivity index (χ1v) is 9.11. The molecule has 5 nitrogen and oxygen atoms in total. The Morgan fingerprint density at radius 1 is 1.00 bits per heavy atom. The lowest BCUT2D eigenvalue weighted by molar-refractivity contribution is -0.138. The van der Waals surface area contributed by atoms with Gasteiger partial charge in [0.2, 0.25) is 0 Å². The van der Waals surface area contributed by atoms with Crippen LogP contribution in [0, 0.1) is 0 Å². The Morgan fingerprint density at radius 3 is 2.14 bits per heavy atom. The maximum absolute atomic E-state index is 13.0. The monoisotopic (exact) mass is 422 g/mol. The molecule has 0 spiro atoms. The molecule has 1 atom stereocenters. The summed E-state index contributed by atoms with van der Waals surface area (Å²) in [5.74, 6) is -0.0107. The van der Waals surface area contributed by atoms with Gasteiger partial charge in [0.05, 0.1) is 26.8 Å². The molecular formula is C16H12F6N4OS. The summed E-state index contributed by atoms with van der Waals surface area (Å²) in [6, 6.07) is 1.50. The molecule has 0 bridgehead atoms. The van der Waals surface area contributed by atoms with Crippen molar-refractivity contribution >= 4 is 22.0 Å². The maximum atomic E-state index is 13.0. The van der Waals surface area contributed by atoms with E-state index in [9.17, 15) is 30.6 Å². The van der Waals surface area contributed by atoms with Gasteiger partial charge in [-0.15, -0.1) is 0 Å². The minimum atomic E-state index is -4.69. The summed E-state index contributed by atoms with van der Waals surface area (Å²) in [5.41, 5.74) is -2.23. The number of aromatic nitrogens is 4. The molecule has 0 fully saturated rings. The molecule has 0 aromatic carbocycles. The van der Waals surface area contributed by atoms with E-state index in [1.165, 1.54) is 18.5 Å². The smallest absolute Gasteiger partial charge is 0.310 e. The fourth-order valence-electron chi connectivity index (χ4n) is 2.54. The number of fused-ring (bicyclic) bond motifs is 1. The molecule has 12 heteroatoms. The number of aryl methyl sites for hydroxylation is 1. The van der Waals surface area contributed by atoms with Crippen LogP contribution >= 0.6 is 0 Å². The van der Waals surface area contributed by atoms with E-state index in [1.54, 1.807) is 0 Å². The maximum Gasteiger partial charge on any atom is 0.417 e. The van der Waals surface area contributed by atoms with Crippen LogP contribution in [0.2, 0.25) is 0 Å². The van der Waals surface area contributed by atoms with E-state index in [1.807, 2.05) is 0 Å². The van der Waals surface area contributed by atoms with Crippen molar-refractivity contribution in [2.45, 2.75) is 24.2 Å². The van der Waals surface area contributed by atoms with Gasteiger partial charge in [-0.3, -0.25) is 9.19 Å². The number of halogens is 6. The number of hydrogen-bond acceptors (Lipinski definition) is 4. The highest BCUT2D eigenvalue weighted by molar-refractivity contribution is 7.85. The highest BCUT2D eigenvalue weighted by Crippen LogP contribution is 2.35. The van der Waals surface area contributed by atoms with Crippen molar-refractivity contribution < 1.29 is 30.6 Å². The lowest BCUT2D eigenvalue weighted by Gasteiger charge is -2.12. The van der Waals surface area contributed by atoms with Crippen LogP contribution in [0.25, 0.3) is 22.7 Å². The molecule has 150 valence electrons. The molecule has 0 aliphatic heterocycles. The van der Waals surface area contributed by atoms with Crippen molar-refractivity contribution in [3.8, 4) is 11.5 Å². The van der Waals surface area contributed by atoms with Gasteiger partial charge in [0.15, 0.2) is 11.5 Å². The summed E-state index contributed by atoms with van der Waals surface area (Å²) < 4.78 is 91.2. The lowest BCUT2D eigenvalue weighted by atomic mass is 10.2. The average molecular weight is 422 g/mol. The zero-order chi connectivity index (χ0) is 20.9. The normalized spacial score (nSPS) is 13.9. The van der Waals surface area contributed by atoms with Crippen molar-refractivity contribution in [2.75, 3.05) is 5.75 Å². The SMILES string of the molecule is CCS(=O)c1cc(C(F)(F)F)cnc1-c1nc2cc(C(F)(F)F)cnc2n1C. The number of rotatable bonds is 3. The molecule has 3 aromatic heterocycles. The Hall–Kier alpha value is -2.50. The Balaban J connectivity index is 2.24. The summed E-state index contributed by atoms with van der Waals surface area (Å²) in [4.78, 5) is 11.4. The van der Waals surface area contributed by atoms with Crippen molar-refractivity contribution in [3.05, 3.63) is 35.7 Å². The van der Waals surface area contributed by atoms with Crippen molar-refractivity contribution in [3.63, 3.8) is 0 Å². The minimum Gasteiger partial charge on any atom is -0.310 e. The molecule has 3 aromatic rings. The number of nitrogens with zero attached hydrogens (tertiary/aromatic N) is 4. The van der Waals surface area contributed by atoms with E-state index >= 15 is 0 Å². The third kappa shape index (κ3) is 3.60. The van der Waals surface area contributed by atoms with Crippen LogP contribution in [0.3, 0.4) is 0 Å². The van der Waals surface area contributed by atoms with Crippen LogP contribution in [-0.4, -0.2) is 29.5 Å². The van der Waals surface area contributed by atoms with Gasteiger partial charge in [-0.25, -0.2) is 9.97 Å². The third-order valence-corrected chi connectivity index (χ3v) is 5.26. The average Bonchev–Trinajstić information content (AvgIpc) is 2.95. The molecule has 0 aliphatic carbocycles. The molecular weight excluding hydrogens is 410 g/mol. The van der Waals surface area contributed by atoms with Gasteiger partial charge in [0.1, 0.15) is 11.2 Å². The molecule has 3 heterocycles. The van der Waals surface area contributed by atoms with Crippen LogP contribution in [0.15, 0.2) is 29.4 Å². The van der Waals surface area contributed by atoms with Crippen LogP contribution in [0.4, 0.5) is 26.3 Å². The van der Waals surface area contributed by atoms with Crippen molar-refractivity contribution in [1.29, 1.82) is 0 Å². The fraction of sp³-hybridized carbons (Fsp3) is 0.312. The highest BCUT2D eigenvalue weighted by Gasteiger charge is 2.34. The first-order valence-electron chi connectivity index (χ1n) is 7.79. The van der Waals surface area contributed by atoms with E-state index in [4.69, 9.17) is 0 Å². The highest BCUT2D eigenvalue weighted by atomic mass is 32.2. The Morgan fingerprint density at radius 2 is 1.57 bits per heavy atom. The minimum absolute atomic E-state index is 0.0242. The van der Waals surface area contributed by atoms with Crippen LogP contribution < -0.4 is 0 Å². The molecule has 0 amide bonds. The molecule has 28 heavy (non-hydrogen) atoms. The van der Waals surface area contributed by atoms with Crippen LogP contribution in [0.5, 0.6) is 0 Å². The molecule has 0 aliphatic rings. The summed E-state index contributed by atoms with van der Waals surface area (Å²) in [7, 11) is -0.379. The summed E-state index contributed by atoms with van der Waals surface area (Å²) in [6.07, 6.45) is -8.10. The Bertz CT molecular complexity index is 1070. The van der Waals surface area contributed by atoms with Gasteiger partial charge < -0.3 is 4.57 Å². The first kappa shape index (κ1) is 20.2. The van der Waals surface area contributed by atoms with Gasteiger partial charge in [-0.2, -0.15) is 26.3 Å². The predicted octanol–water partition coefficient (Wildman–Crippen LogP) is 4.20. The molecule has 1 unspecified atom stereocenters. The van der Waals surface area contributed by atoms with E-state index in [-0.39, 0.29) is 33.3 Å². The third-order valence-electron chi connectivity index (χ3n) is 3.94. The molecule has 0 saturated carbocycles. The van der Waals surface area contributed by atoms with E-state index < -0.39 is 34.3 Å². The van der Waals surface area contributed by atoms with Gasteiger partial charge >= 0.3 is 12.4 Å². The summed E-state index contributed by atoms with van der Waals surface area (Å²) in [5, 5.41) is 0. The molecule has 0 saturated heterocycles. The number of hydrogen-bond donors (Lipinski definition) is 0. The number of imidazole rings is 1. The van der Waals surface area contributed by atoms with Crippen molar-refractivity contribution in [2.24, 2.45) is 7.05 Å². The standard InChI is InChI=1S/C16H12F6N4OS/c1-3-28(27)11-5-9(16(20,21)22)6-23-12(11)14-25-10-4-8(15(17,18)19)7-24-13(10)26(14)2/h4-7H,3H2,1-2H3. The topological polar surface area (TPSA) is 60.7 Å². The van der Waals surface area contributed by atoms with Crippen LogP contribution in [-0.2, 0) is 30.2 Å². The number of alkyl halides is 6.